The molecule has 0 aliphatic heterocycles. The third-order valence-corrected chi connectivity index (χ3v) is 13.4. The van der Waals surface area contributed by atoms with Crippen LogP contribution in [0.3, 0.4) is 0 Å². The van der Waals surface area contributed by atoms with Gasteiger partial charge in [0.05, 0.1) is 93.4 Å². The van der Waals surface area contributed by atoms with Gasteiger partial charge in [0, 0.05) is 62.5 Å². The molecule has 0 amide bonds. The molecule has 12 N–H and O–H groups in total. The van der Waals surface area contributed by atoms with Crippen LogP contribution in [-0.2, 0) is 40.5 Å². The molecule has 0 spiro atoms. The molecule has 0 aliphatic carbocycles. The second kappa shape index (κ2) is 35.5. The van der Waals surface area contributed by atoms with Crippen molar-refractivity contribution in [1.82, 2.24) is 29.9 Å². The summed E-state index contributed by atoms with van der Waals surface area (Å²) in [6.07, 6.45) is -0.889. The van der Waals surface area contributed by atoms with Crippen LogP contribution in [0.4, 0.5) is 47.1 Å². The number of nitrogens with zero attached hydrogens (tertiary/aromatic N) is 8. The Morgan fingerprint density at radius 2 is 0.833 bits per heavy atom. The summed E-state index contributed by atoms with van der Waals surface area (Å²) in [5, 5.41) is 88.8. The molecule has 40 heteroatoms. The fraction of sp³-hybridized carbons (Fsp3) is 0.474. The molecule has 0 fully saturated rings. The molecule has 2 aromatic carbocycles. The number of aliphatic hydroxyl groups is 8. The first-order valence-electron chi connectivity index (χ1n) is 21.5. The molecular weight excluding hydrogens is 1160 g/mol. The van der Waals surface area contributed by atoms with Gasteiger partial charge in [0.15, 0.2) is 0 Å². The molecular formula is C38H52N12Na4O20S4. The summed E-state index contributed by atoms with van der Waals surface area (Å²) >= 11 is 0. The zero-order valence-electron chi connectivity index (χ0n) is 42.5. The van der Waals surface area contributed by atoms with E-state index in [1.807, 2.05) is 0 Å². The van der Waals surface area contributed by atoms with Crippen LogP contribution >= 0.6 is 0 Å². The van der Waals surface area contributed by atoms with Crippen molar-refractivity contribution < 1.29 is 211 Å². The SMILES string of the molecule is O=S(=O)([O-])CCNc1nc(Nc2ccc(/C=C/c3ccc(Nc4nc(NCCS(=O)(=O)[O-])nc(N(CCO)CC(CO)C(O)CO)n4)cc3S(=O)(=O)[O-])c(S(=O)(=O)[O-])c2)nc(N(CCO)CC(CO)C(O)CO)n1.[Na+].[Na+].[Na+].[Na+]. The Labute approximate surface area is 537 Å². The van der Waals surface area contributed by atoms with Crippen molar-refractivity contribution >= 4 is 99.7 Å². The minimum atomic E-state index is -5.38. The van der Waals surface area contributed by atoms with Gasteiger partial charge in [0.2, 0.25) is 35.7 Å². The van der Waals surface area contributed by atoms with E-state index in [0.717, 1.165) is 36.4 Å². The molecule has 4 aromatic rings. The van der Waals surface area contributed by atoms with Crippen molar-refractivity contribution in [2.75, 3.05) is 121 Å². The number of aliphatic hydroxyl groups excluding tert-OH is 8. The van der Waals surface area contributed by atoms with Crippen LogP contribution in [0.15, 0.2) is 46.2 Å². The monoisotopic (exact) mass is 1220 g/mol. The molecule has 4 atom stereocenters. The molecule has 2 aromatic heterocycles. The van der Waals surface area contributed by atoms with Gasteiger partial charge in [-0.3, -0.25) is 0 Å². The fourth-order valence-electron chi connectivity index (χ4n) is 6.48. The minimum Gasteiger partial charge on any atom is -0.748 e. The van der Waals surface area contributed by atoms with E-state index in [2.05, 4.69) is 51.2 Å². The predicted octanol–water partition coefficient (Wildman–Crippen LogP) is -17.0. The first-order valence-corrected chi connectivity index (χ1v) is 27.5. The Morgan fingerprint density at radius 3 is 1.12 bits per heavy atom. The maximum atomic E-state index is 12.6. The predicted molar refractivity (Wildman–Crippen MR) is 256 cm³/mol. The van der Waals surface area contributed by atoms with Crippen LogP contribution < -0.4 is 149 Å². The quantitative estimate of drug-likeness (QED) is 0.0123. The van der Waals surface area contributed by atoms with Gasteiger partial charge in [-0.25, -0.2) is 33.7 Å². The zero-order chi connectivity index (χ0) is 55.0. The summed E-state index contributed by atoms with van der Waals surface area (Å²) in [7, 11) is -20.2. The summed E-state index contributed by atoms with van der Waals surface area (Å²) in [4.78, 5) is 25.6. The van der Waals surface area contributed by atoms with E-state index in [9.17, 15) is 92.7 Å². The molecule has 0 radical (unpaired) electrons. The van der Waals surface area contributed by atoms with E-state index in [0.29, 0.717) is 0 Å². The molecule has 4 unspecified atom stereocenters. The molecule has 0 aliphatic rings. The van der Waals surface area contributed by atoms with E-state index < -0.39 is 150 Å². The number of hydrogen-bond donors (Lipinski definition) is 12. The fourth-order valence-corrected chi connectivity index (χ4v) is 8.58. The van der Waals surface area contributed by atoms with Crippen LogP contribution in [0.5, 0.6) is 0 Å². The maximum absolute atomic E-state index is 12.6. The molecule has 0 saturated carbocycles. The Morgan fingerprint density at radius 1 is 0.500 bits per heavy atom. The number of anilines is 8. The van der Waals surface area contributed by atoms with Gasteiger partial charge < -0.3 is 90.1 Å². The van der Waals surface area contributed by atoms with Crippen LogP contribution in [0.2, 0.25) is 0 Å². The first-order chi connectivity index (χ1) is 34.7. The Kier molecular flexibility index (Phi) is 34.7. The zero-order valence-corrected chi connectivity index (χ0v) is 53.8. The van der Waals surface area contributed by atoms with Gasteiger partial charge in [-0.1, -0.05) is 24.3 Å². The molecule has 0 saturated heterocycles. The Hall–Kier alpha value is -1.68. The second-order valence-corrected chi connectivity index (χ2v) is 21.4. The largest absolute Gasteiger partial charge is 1.00 e. The maximum Gasteiger partial charge on any atom is 1.00 e. The number of aromatic nitrogens is 6. The van der Waals surface area contributed by atoms with Gasteiger partial charge >= 0.3 is 118 Å². The van der Waals surface area contributed by atoms with Crippen molar-refractivity contribution in [1.29, 1.82) is 0 Å². The molecule has 4 rings (SSSR count). The van der Waals surface area contributed by atoms with Crippen molar-refractivity contribution in [3.8, 4) is 0 Å². The normalized spacial score (nSPS) is 13.3. The van der Waals surface area contributed by atoms with E-state index in [1.165, 1.54) is 21.9 Å². The van der Waals surface area contributed by atoms with Crippen molar-refractivity contribution in [3.63, 3.8) is 0 Å². The van der Waals surface area contributed by atoms with Crippen LogP contribution in [0, 0.1) is 11.8 Å². The van der Waals surface area contributed by atoms with Crippen LogP contribution in [0.25, 0.3) is 12.2 Å². The van der Waals surface area contributed by atoms with E-state index in [-0.39, 0.29) is 191 Å². The van der Waals surface area contributed by atoms with Crippen LogP contribution in [-0.4, -0.2) is 225 Å². The summed E-state index contributed by atoms with van der Waals surface area (Å²) in [6, 6.07) is 6.27. The number of rotatable bonds is 32. The molecule has 32 nitrogen and oxygen atoms in total. The summed E-state index contributed by atoms with van der Waals surface area (Å²) < 4.78 is 143. The van der Waals surface area contributed by atoms with Gasteiger partial charge in [0.1, 0.15) is 20.2 Å². The summed E-state index contributed by atoms with van der Waals surface area (Å²) in [5.74, 6) is -5.98. The smallest absolute Gasteiger partial charge is 0.748 e. The number of benzene rings is 2. The standard InChI is InChI=1S/C38H56N12O20S4.4Na/c51-11-9-49(17-25(19-53)29(57)21-55)37-45-33(39-7-13-71(59,60)61)43-35(47-37)41-27-5-3-23(31(15-27)73(65,66)67)1-2-24-4-6-28(16-32(24)74(68,69)70)42-36-44-34(40-8-14-72(62,63)64)46-38(48-36)50(10-12-52)18-26(20-54)30(58)22-56;;;;/h1-6,15-16,25-26,29-30,51-58H,7-14,17-22H2,(H,59,60,61)(H,62,63,64)(H,65,66,67)(H,68,69,70)(H2,39,41,43,45,47)(H2,40,42,44,46,48);;;;/q;4*+1/p-4/b2-1+;;;;. The first kappa shape index (κ1) is 76.3. The number of nitrogens with one attached hydrogen (secondary N) is 4. The minimum absolute atomic E-state index is 0. The number of hydrogen-bond acceptors (Lipinski definition) is 32. The van der Waals surface area contributed by atoms with Crippen LogP contribution in [0.1, 0.15) is 11.1 Å². The second-order valence-electron chi connectivity index (χ2n) is 15.7. The third-order valence-electron chi connectivity index (χ3n) is 10.2. The molecule has 78 heavy (non-hydrogen) atoms. The topological polar surface area (TPSA) is 523 Å². The average molecular weight is 1220 g/mol. The Bertz CT molecular complexity index is 2820. The van der Waals surface area contributed by atoms with Gasteiger partial charge in [-0.15, -0.1) is 0 Å². The van der Waals surface area contributed by atoms with Crippen molar-refractivity contribution in [2.45, 2.75) is 22.0 Å². The van der Waals surface area contributed by atoms with Gasteiger partial charge in [0.25, 0.3) is 0 Å². The average Bonchev–Trinajstić information content (AvgIpc) is 3.32. The van der Waals surface area contributed by atoms with Crippen molar-refractivity contribution in [2.24, 2.45) is 11.8 Å². The summed E-state index contributed by atoms with van der Waals surface area (Å²) in [5.41, 5.74) is -1.03. The Balaban J connectivity index is 0.0000148. The molecule has 412 valence electrons. The third kappa shape index (κ3) is 25.4. The molecule has 0 bridgehead atoms. The van der Waals surface area contributed by atoms with E-state index in [4.69, 9.17) is 0 Å². The summed E-state index contributed by atoms with van der Waals surface area (Å²) in [6.45, 7) is -5.91. The van der Waals surface area contributed by atoms with Gasteiger partial charge in [-0.2, -0.15) is 29.9 Å². The van der Waals surface area contributed by atoms with Gasteiger partial charge in [-0.05, 0) is 35.4 Å². The molecule has 2 heterocycles. The van der Waals surface area contributed by atoms with E-state index >= 15 is 0 Å². The van der Waals surface area contributed by atoms with E-state index in [1.54, 1.807) is 0 Å². The van der Waals surface area contributed by atoms with Crippen molar-refractivity contribution in [3.05, 3.63) is 47.5 Å².